The van der Waals surface area contributed by atoms with Gasteiger partial charge in [0.25, 0.3) is 0 Å². The molecular formula is C15H24N2O3S. The molecule has 0 unspecified atom stereocenters. The largest absolute Gasteiger partial charge is 0.398 e. The van der Waals surface area contributed by atoms with E-state index in [2.05, 4.69) is 0 Å². The molecule has 0 bridgehead atoms. The first kappa shape index (κ1) is 16.3. The average Bonchev–Trinajstić information content (AvgIpc) is 2.44. The first-order valence-corrected chi connectivity index (χ1v) is 8.67. The van der Waals surface area contributed by atoms with E-state index in [1.807, 2.05) is 13.0 Å². The first-order chi connectivity index (χ1) is 9.84. The Kier molecular flexibility index (Phi) is 4.91. The topological polar surface area (TPSA) is 72.6 Å². The summed E-state index contributed by atoms with van der Waals surface area (Å²) in [7, 11) is -1.92. The minimum Gasteiger partial charge on any atom is -0.398 e. The van der Waals surface area contributed by atoms with E-state index in [9.17, 15) is 8.42 Å². The fourth-order valence-corrected chi connectivity index (χ4v) is 4.33. The summed E-state index contributed by atoms with van der Waals surface area (Å²) in [6.45, 7) is 5.64. The van der Waals surface area contributed by atoms with E-state index >= 15 is 0 Å². The lowest BCUT2D eigenvalue weighted by molar-refractivity contribution is 0.0620. The van der Waals surface area contributed by atoms with Crippen LogP contribution in [0.15, 0.2) is 17.0 Å². The van der Waals surface area contributed by atoms with Crippen molar-refractivity contribution in [2.75, 3.05) is 32.5 Å². The lowest BCUT2D eigenvalue weighted by Gasteiger charge is -2.27. The molecule has 0 aliphatic carbocycles. The van der Waals surface area contributed by atoms with Crippen LogP contribution in [0.25, 0.3) is 0 Å². The van der Waals surface area contributed by atoms with E-state index in [4.69, 9.17) is 10.5 Å². The number of rotatable bonds is 4. The predicted octanol–water partition coefficient (Wildman–Crippen LogP) is 1.93. The summed E-state index contributed by atoms with van der Waals surface area (Å²) in [5.41, 5.74) is 7.90. The van der Waals surface area contributed by atoms with Gasteiger partial charge >= 0.3 is 0 Å². The number of aryl methyl sites for hydroxylation is 1. The van der Waals surface area contributed by atoms with E-state index in [1.54, 1.807) is 20.0 Å². The maximum Gasteiger partial charge on any atom is 0.245 e. The van der Waals surface area contributed by atoms with Crippen molar-refractivity contribution in [3.05, 3.63) is 23.3 Å². The van der Waals surface area contributed by atoms with Gasteiger partial charge in [-0.05, 0) is 49.8 Å². The fraction of sp³-hybridized carbons (Fsp3) is 0.600. The highest BCUT2D eigenvalue weighted by Gasteiger charge is 2.28. The van der Waals surface area contributed by atoms with Crippen molar-refractivity contribution in [3.8, 4) is 0 Å². The van der Waals surface area contributed by atoms with E-state index in [0.717, 1.165) is 24.0 Å². The molecule has 1 aromatic carbocycles. The zero-order chi connectivity index (χ0) is 15.6. The Hall–Kier alpha value is -1.11. The van der Waals surface area contributed by atoms with E-state index in [0.29, 0.717) is 31.4 Å². The third-order valence-corrected chi connectivity index (χ3v) is 6.26. The molecule has 6 heteroatoms. The van der Waals surface area contributed by atoms with Gasteiger partial charge in [-0.3, -0.25) is 0 Å². The van der Waals surface area contributed by atoms with Gasteiger partial charge in [-0.1, -0.05) is 6.07 Å². The third-order valence-electron chi connectivity index (χ3n) is 4.23. The van der Waals surface area contributed by atoms with Gasteiger partial charge in [0.05, 0.1) is 5.69 Å². The Morgan fingerprint density at radius 3 is 2.52 bits per heavy atom. The van der Waals surface area contributed by atoms with Crippen molar-refractivity contribution in [2.24, 2.45) is 5.92 Å². The molecule has 0 saturated carbocycles. The lowest BCUT2D eigenvalue weighted by atomic mass is 10.0. The number of nitrogens with zero attached hydrogens (tertiary/aromatic N) is 1. The van der Waals surface area contributed by atoms with E-state index in [-0.39, 0.29) is 4.90 Å². The van der Waals surface area contributed by atoms with Crippen molar-refractivity contribution in [3.63, 3.8) is 0 Å². The highest BCUT2D eigenvalue weighted by Crippen LogP contribution is 2.29. The molecule has 1 saturated heterocycles. The van der Waals surface area contributed by atoms with Crippen LogP contribution < -0.4 is 5.73 Å². The van der Waals surface area contributed by atoms with E-state index in [1.165, 1.54) is 4.31 Å². The first-order valence-electron chi connectivity index (χ1n) is 7.23. The number of hydrogen-bond donors (Lipinski definition) is 1. The molecule has 0 aromatic heterocycles. The van der Waals surface area contributed by atoms with Crippen LogP contribution in [0, 0.1) is 19.8 Å². The van der Waals surface area contributed by atoms with Crippen molar-refractivity contribution in [1.82, 2.24) is 4.31 Å². The minimum atomic E-state index is -3.55. The van der Waals surface area contributed by atoms with Crippen LogP contribution in [0.2, 0.25) is 0 Å². The fourth-order valence-electron chi connectivity index (χ4n) is 2.70. The molecule has 0 spiro atoms. The van der Waals surface area contributed by atoms with Crippen molar-refractivity contribution < 1.29 is 13.2 Å². The number of nitrogens with two attached hydrogens (primary N) is 1. The monoisotopic (exact) mass is 312 g/mol. The molecule has 21 heavy (non-hydrogen) atoms. The van der Waals surface area contributed by atoms with Crippen LogP contribution in [-0.2, 0) is 14.8 Å². The standard InChI is InChI=1S/C15H24N2O3S/c1-11-4-5-14(16)15(12(11)2)21(18,19)17(3)10-13-6-8-20-9-7-13/h4-5,13H,6-10,16H2,1-3H3. The maximum atomic E-state index is 12.8. The number of hydrogen-bond acceptors (Lipinski definition) is 4. The van der Waals surface area contributed by atoms with Crippen LogP contribution in [-0.4, -0.2) is 39.5 Å². The summed E-state index contributed by atoms with van der Waals surface area (Å²) in [4.78, 5) is 0.247. The molecule has 1 heterocycles. The quantitative estimate of drug-likeness (QED) is 0.862. The van der Waals surface area contributed by atoms with E-state index < -0.39 is 10.0 Å². The zero-order valence-corrected chi connectivity index (χ0v) is 13.7. The van der Waals surface area contributed by atoms with Crippen LogP contribution in [0.5, 0.6) is 0 Å². The number of nitrogen functional groups attached to an aromatic ring is 1. The smallest absolute Gasteiger partial charge is 0.245 e. The van der Waals surface area contributed by atoms with Gasteiger partial charge in [0.15, 0.2) is 0 Å². The number of benzene rings is 1. The summed E-state index contributed by atoms with van der Waals surface area (Å²) in [6.07, 6.45) is 1.81. The Bertz CT molecular complexity index is 608. The molecule has 2 rings (SSSR count). The van der Waals surface area contributed by atoms with Crippen LogP contribution >= 0.6 is 0 Å². The highest BCUT2D eigenvalue weighted by molar-refractivity contribution is 7.89. The molecular weight excluding hydrogens is 288 g/mol. The van der Waals surface area contributed by atoms with Crippen molar-refractivity contribution in [2.45, 2.75) is 31.6 Å². The molecule has 2 N–H and O–H groups in total. The molecule has 118 valence electrons. The second-order valence-electron chi connectivity index (χ2n) is 5.77. The van der Waals surface area contributed by atoms with Gasteiger partial charge in [0.1, 0.15) is 4.90 Å². The minimum absolute atomic E-state index is 0.247. The molecule has 1 aromatic rings. The molecule has 1 aliphatic rings. The third kappa shape index (κ3) is 3.39. The molecule has 0 radical (unpaired) electrons. The van der Waals surface area contributed by atoms with Crippen LogP contribution in [0.4, 0.5) is 5.69 Å². The predicted molar refractivity (Wildman–Crippen MR) is 83.7 cm³/mol. The maximum absolute atomic E-state index is 12.8. The summed E-state index contributed by atoms with van der Waals surface area (Å²) in [6, 6.07) is 3.51. The zero-order valence-electron chi connectivity index (χ0n) is 12.9. The Balaban J connectivity index is 2.27. The highest BCUT2D eigenvalue weighted by atomic mass is 32.2. The molecule has 0 atom stereocenters. The number of sulfonamides is 1. The van der Waals surface area contributed by atoms with Crippen LogP contribution in [0.1, 0.15) is 24.0 Å². The summed E-state index contributed by atoms with van der Waals surface area (Å²) < 4.78 is 32.4. The molecule has 0 amide bonds. The Morgan fingerprint density at radius 1 is 1.29 bits per heavy atom. The lowest BCUT2D eigenvalue weighted by Crippen LogP contribution is -2.35. The van der Waals surface area contributed by atoms with Gasteiger partial charge in [-0.25, -0.2) is 12.7 Å². The number of ether oxygens (including phenoxy) is 1. The molecule has 1 fully saturated rings. The molecule has 1 aliphatic heterocycles. The summed E-state index contributed by atoms with van der Waals surface area (Å²) in [5.74, 6) is 0.352. The second-order valence-corrected chi connectivity index (χ2v) is 7.75. The average molecular weight is 312 g/mol. The summed E-state index contributed by atoms with van der Waals surface area (Å²) in [5, 5.41) is 0. The molecule has 5 nitrogen and oxygen atoms in total. The van der Waals surface area contributed by atoms with Gasteiger partial charge in [0.2, 0.25) is 10.0 Å². The summed E-state index contributed by atoms with van der Waals surface area (Å²) >= 11 is 0. The normalized spacial score (nSPS) is 17.3. The SMILES string of the molecule is Cc1ccc(N)c(S(=O)(=O)N(C)CC2CCOCC2)c1C. The van der Waals surface area contributed by atoms with Gasteiger partial charge in [-0.2, -0.15) is 0 Å². The Labute approximate surface area is 127 Å². The Morgan fingerprint density at radius 2 is 1.90 bits per heavy atom. The number of anilines is 1. The van der Waals surface area contributed by atoms with Crippen molar-refractivity contribution >= 4 is 15.7 Å². The van der Waals surface area contributed by atoms with Crippen LogP contribution in [0.3, 0.4) is 0 Å². The van der Waals surface area contributed by atoms with Gasteiger partial charge in [0, 0.05) is 26.8 Å². The van der Waals surface area contributed by atoms with Gasteiger partial charge < -0.3 is 10.5 Å². The second kappa shape index (κ2) is 6.34. The van der Waals surface area contributed by atoms with Gasteiger partial charge in [-0.15, -0.1) is 0 Å². The van der Waals surface area contributed by atoms with Crippen molar-refractivity contribution in [1.29, 1.82) is 0 Å².